The summed E-state index contributed by atoms with van der Waals surface area (Å²) in [7, 11) is 0. The Bertz CT molecular complexity index is 530. The molecule has 1 aliphatic rings. The second-order valence-corrected chi connectivity index (χ2v) is 4.65. The van der Waals surface area contributed by atoms with Crippen molar-refractivity contribution in [2.75, 3.05) is 0 Å². The number of aromatic nitrogens is 2. The molecule has 0 amide bonds. The molecule has 1 aromatic rings. The molecule has 0 aromatic carbocycles. The first-order chi connectivity index (χ1) is 8.10. The second kappa shape index (κ2) is 4.39. The van der Waals surface area contributed by atoms with E-state index in [-0.39, 0.29) is 11.9 Å². The van der Waals surface area contributed by atoms with E-state index < -0.39 is 11.2 Å². The smallest absolute Gasteiger partial charge is 0.331 e. The van der Waals surface area contributed by atoms with Crippen LogP contribution in [0.5, 0.6) is 5.88 Å². The van der Waals surface area contributed by atoms with E-state index in [2.05, 4.69) is 11.9 Å². The molecule has 2 rings (SSSR count). The van der Waals surface area contributed by atoms with Crippen molar-refractivity contribution in [3.05, 3.63) is 26.4 Å². The minimum absolute atomic E-state index is 0.0555. The molecule has 0 spiro atoms. The molecule has 2 N–H and O–H groups in total. The van der Waals surface area contributed by atoms with Gasteiger partial charge in [0, 0.05) is 6.04 Å². The van der Waals surface area contributed by atoms with Crippen LogP contribution in [-0.2, 0) is 6.42 Å². The van der Waals surface area contributed by atoms with Gasteiger partial charge in [-0.05, 0) is 18.8 Å². The quantitative estimate of drug-likeness (QED) is 0.826. The highest BCUT2D eigenvalue weighted by Crippen LogP contribution is 2.46. The van der Waals surface area contributed by atoms with E-state index in [1.165, 1.54) is 4.57 Å². The van der Waals surface area contributed by atoms with Crippen molar-refractivity contribution in [1.29, 1.82) is 0 Å². The fourth-order valence-corrected chi connectivity index (χ4v) is 2.35. The molecule has 0 radical (unpaired) electrons. The predicted octanol–water partition coefficient (Wildman–Crippen LogP) is 1.17. The van der Waals surface area contributed by atoms with E-state index in [9.17, 15) is 14.7 Å². The Labute approximate surface area is 99.1 Å². The van der Waals surface area contributed by atoms with Crippen molar-refractivity contribution in [3.8, 4) is 5.88 Å². The summed E-state index contributed by atoms with van der Waals surface area (Å²) in [4.78, 5) is 25.6. The summed E-state index contributed by atoms with van der Waals surface area (Å²) in [6.45, 7) is 3.99. The van der Waals surface area contributed by atoms with Crippen LogP contribution in [-0.4, -0.2) is 14.7 Å². The lowest BCUT2D eigenvalue weighted by atomic mass is 10.2. The van der Waals surface area contributed by atoms with Gasteiger partial charge in [-0.25, -0.2) is 4.79 Å². The molecule has 2 atom stereocenters. The number of hydrogen-bond acceptors (Lipinski definition) is 3. The van der Waals surface area contributed by atoms with Crippen molar-refractivity contribution in [2.45, 2.75) is 45.6 Å². The Balaban J connectivity index is 2.49. The molecular weight excluding hydrogens is 220 g/mol. The third-order valence-electron chi connectivity index (χ3n) is 3.45. The summed E-state index contributed by atoms with van der Waals surface area (Å²) in [6, 6.07) is 0.0555. The van der Waals surface area contributed by atoms with Crippen LogP contribution in [0.25, 0.3) is 0 Å². The lowest BCUT2D eigenvalue weighted by Gasteiger charge is -2.10. The van der Waals surface area contributed by atoms with E-state index in [4.69, 9.17) is 0 Å². The zero-order chi connectivity index (χ0) is 12.6. The molecule has 94 valence electrons. The van der Waals surface area contributed by atoms with Gasteiger partial charge in [0.05, 0.1) is 5.56 Å². The summed E-state index contributed by atoms with van der Waals surface area (Å²) in [6.07, 6.45) is 3.14. The van der Waals surface area contributed by atoms with Crippen molar-refractivity contribution >= 4 is 0 Å². The average molecular weight is 238 g/mol. The van der Waals surface area contributed by atoms with Crippen molar-refractivity contribution < 1.29 is 5.11 Å². The maximum Gasteiger partial charge on any atom is 0.331 e. The van der Waals surface area contributed by atoms with Crippen LogP contribution in [0.4, 0.5) is 0 Å². The number of aromatic hydroxyl groups is 1. The van der Waals surface area contributed by atoms with Crippen LogP contribution in [0.1, 0.15) is 44.7 Å². The Kier molecular flexibility index (Phi) is 3.09. The number of hydrogen-bond donors (Lipinski definition) is 2. The number of aromatic amines is 1. The fourth-order valence-electron chi connectivity index (χ4n) is 2.35. The molecule has 2 unspecified atom stereocenters. The van der Waals surface area contributed by atoms with Crippen molar-refractivity contribution in [1.82, 2.24) is 9.55 Å². The van der Waals surface area contributed by atoms with Crippen LogP contribution in [0.15, 0.2) is 9.59 Å². The first-order valence-electron chi connectivity index (χ1n) is 6.16. The van der Waals surface area contributed by atoms with Crippen LogP contribution in [0, 0.1) is 5.92 Å². The van der Waals surface area contributed by atoms with Gasteiger partial charge in [0.1, 0.15) is 0 Å². The molecule has 1 aromatic heterocycles. The molecular formula is C12H18N2O3. The van der Waals surface area contributed by atoms with Crippen LogP contribution >= 0.6 is 0 Å². The molecule has 0 saturated heterocycles. The van der Waals surface area contributed by atoms with Gasteiger partial charge in [-0.3, -0.25) is 14.3 Å². The third-order valence-corrected chi connectivity index (χ3v) is 3.45. The Morgan fingerprint density at radius 1 is 1.41 bits per heavy atom. The molecule has 1 heterocycles. The number of H-pyrrole nitrogens is 1. The van der Waals surface area contributed by atoms with Crippen LogP contribution in [0.2, 0.25) is 0 Å². The van der Waals surface area contributed by atoms with E-state index in [0.29, 0.717) is 17.9 Å². The largest absolute Gasteiger partial charge is 0.494 e. The highest BCUT2D eigenvalue weighted by atomic mass is 16.3. The number of nitrogens with zero attached hydrogens (tertiary/aromatic N) is 1. The third kappa shape index (κ3) is 2.01. The Morgan fingerprint density at radius 2 is 2.12 bits per heavy atom. The van der Waals surface area contributed by atoms with E-state index in [0.717, 1.165) is 19.3 Å². The number of nitrogens with one attached hydrogen (secondary N) is 1. The maximum atomic E-state index is 11.7. The number of rotatable bonds is 4. The topological polar surface area (TPSA) is 75.1 Å². The standard InChI is InChI=1S/C12H18N2O3/c1-3-5-8-10(15)13-12(17)14(11(8)16)9-6-7(9)4-2/h7,9,16H,3-6H2,1-2H3,(H,13,15,17). The van der Waals surface area contributed by atoms with E-state index >= 15 is 0 Å². The highest BCUT2D eigenvalue weighted by Gasteiger charge is 2.39. The van der Waals surface area contributed by atoms with Crippen LogP contribution < -0.4 is 11.2 Å². The average Bonchev–Trinajstić information content (AvgIpc) is 3.03. The van der Waals surface area contributed by atoms with Gasteiger partial charge in [-0.15, -0.1) is 0 Å². The predicted molar refractivity (Wildman–Crippen MR) is 64.4 cm³/mol. The SMILES string of the molecule is CCCc1c(O)n(C2CC2CC)c(=O)[nH]c1=O. The lowest BCUT2D eigenvalue weighted by molar-refractivity contribution is 0.387. The van der Waals surface area contributed by atoms with Gasteiger partial charge < -0.3 is 5.11 Å². The summed E-state index contributed by atoms with van der Waals surface area (Å²) in [5.74, 6) is 0.306. The maximum absolute atomic E-state index is 11.7. The minimum Gasteiger partial charge on any atom is -0.494 e. The van der Waals surface area contributed by atoms with Crippen molar-refractivity contribution in [2.24, 2.45) is 5.92 Å². The first-order valence-corrected chi connectivity index (χ1v) is 6.16. The Morgan fingerprint density at radius 3 is 2.65 bits per heavy atom. The first kappa shape index (κ1) is 12.0. The summed E-state index contributed by atoms with van der Waals surface area (Å²) in [5.41, 5.74) is -0.624. The van der Waals surface area contributed by atoms with Crippen LogP contribution in [0.3, 0.4) is 0 Å². The molecule has 1 fully saturated rings. The second-order valence-electron chi connectivity index (χ2n) is 4.65. The van der Waals surface area contributed by atoms with Gasteiger partial charge in [0.15, 0.2) is 0 Å². The van der Waals surface area contributed by atoms with Gasteiger partial charge >= 0.3 is 5.69 Å². The highest BCUT2D eigenvalue weighted by molar-refractivity contribution is 5.24. The molecule has 0 bridgehead atoms. The molecule has 17 heavy (non-hydrogen) atoms. The van der Waals surface area contributed by atoms with E-state index in [1.807, 2.05) is 6.92 Å². The van der Waals surface area contributed by atoms with Gasteiger partial charge in [0.2, 0.25) is 5.88 Å². The van der Waals surface area contributed by atoms with E-state index in [1.54, 1.807) is 0 Å². The molecule has 1 saturated carbocycles. The molecule has 5 nitrogen and oxygen atoms in total. The van der Waals surface area contributed by atoms with Gasteiger partial charge in [0.25, 0.3) is 5.56 Å². The summed E-state index contributed by atoms with van der Waals surface area (Å²) in [5, 5.41) is 10.0. The van der Waals surface area contributed by atoms with Crippen molar-refractivity contribution in [3.63, 3.8) is 0 Å². The molecule has 5 heteroatoms. The molecule has 0 aliphatic heterocycles. The minimum atomic E-state index is -0.492. The summed E-state index contributed by atoms with van der Waals surface area (Å²) >= 11 is 0. The zero-order valence-electron chi connectivity index (χ0n) is 10.2. The lowest BCUT2D eigenvalue weighted by Crippen LogP contribution is -2.32. The monoisotopic (exact) mass is 238 g/mol. The Hall–Kier alpha value is -1.52. The fraction of sp³-hybridized carbons (Fsp3) is 0.667. The van der Waals surface area contributed by atoms with Gasteiger partial charge in [-0.1, -0.05) is 26.7 Å². The van der Waals surface area contributed by atoms with Gasteiger partial charge in [-0.2, -0.15) is 0 Å². The molecule has 1 aliphatic carbocycles. The zero-order valence-corrected chi connectivity index (χ0v) is 10.2. The normalized spacial score (nSPS) is 22.7. The summed E-state index contributed by atoms with van der Waals surface area (Å²) < 4.78 is 1.35.